The molecule has 1 amide bonds. The van der Waals surface area contributed by atoms with E-state index in [0.717, 1.165) is 21.8 Å². The van der Waals surface area contributed by atoms with E-state index in [2.05, 4.69) is 21.4 Å². The van der Waals surface area contributed by atoms with Gasteiger partial charge in [-0.3, -0.25) is 4.79 Å². The molecule has 140 valence electrons. The topological polar surface area (TPSA) is 56.2 Å². The van der Waals surface area contributed by atoms with Crippen LogP contribution in [0.25, 0.3) is 11.0 Å². The lowest BCUT2D eigenvalue weighted by Crippen LogP contribution is -2.25. The average Bonchev–Trinajstić information content (AvgIpc) is 3.03. The fourth-order valence-electron chi connectivity index (χ4n) is 2.73. The second-order valence-electron chi connectivity index (χ2n) is 5.80. The van der Waals surface area contributed by atoms with Crippen LogP contribution < -0.4 is 10.1 Å². The minimum atomic E-state index is -0.0840. The Morgan fingerprint density at radius 3 is 2.96 bits per heavy atom. The molecule has 0 bridgehead atoms. The molecular formula is C20H20ClN3O2S. The Balaban J connectivity index is 1.64. The van der Waals surface area contributed by atoms with Gasteiger partial charge in [0.1, 0.15) is 5.75 Å². The molecule has 0 aliphatic carbocycles. The summed E-state index contributed by atoms with van der Waals surface area (Å²) in [7, 11) is 1.59. The summed E-state index contributed by atoms with van der Waals surface area (Å²) in [5.41, 5.74) is 2.78. The molecule has 0 saturated carbocycles. The van der Waals surface area contributed by atoms with Gasteiger partial charge in [0, 0.05) is 23.7 Å². The molecule has 0 spiro atoms. The van der Waals surface area contributed by atoms with Crippen LogP contribution in [-0.4, -0.2) is 28.3 Å². The molecule has 27 heavy (non-hydrogen) atoms. The van der Waals surface area contributed by atoms with Crippen LogP contribution in [0, 0.1) is 0 Å². The maximum absolute atomic E-state index is 12.3. The number of para-hydroxylation sites is 2. The number of nitrogens with zero attached hydrogens (tertiary/aromatic N) is 2. The van der Waals surface area contributed by atoms with Crippen LogP contribution in [0.3, 0.4) is 0 Å². The van der Waals surface area contributed by atoms with E-state index in [1.807, 2.05) is 30.3 Å². The second-order valence-corrected chi connectivity index (χ2v) is 7.18. The number of fused-ring (bicyclic) bond motifs is 1. The van der Waals surface area contributed by atoms with Gasteiger partial charge in [0.15, 0.2) is 5.16 Å². The van der Waals surface area contributed by atoms with Crippen LogP contribution in [0.5, 0.6) is 5.75 Å². The van der Waals surface area contributed by atoms with Crippen molar-refractivity contribution in [2.24, 2.45) is 0 Å². The minimum absolute atomic E-state index is 0.0840. The third-order valence-corrected chi connectivity index (χ3v) is 5.19. The van der Waals surface area contributed by atoms with Crippen LogP contribution >= 0.6 is 23.4 Å². The van der Waals surface area contributed by atoms with Crippen LogP contribution in [0.1, 0.15) is 5.56 Å². The predicted molar refractivity (Wildman–Crippen MR) is 111 cm³/mol. The number of nitrogens with one attached hydrogen (secondary N) is 1. The molecular weight excluding hydrogens is 382 g/mol. The Labute approximate surface area is 167 Å². The fraction of sp³-hybridized carbons (Fsp3) is 0.200. The van der Waals surface area contributed by atoms with Crippen molar-refractivity contribution in [2.75, 3.05) is 12.9 Å². The number of imidazole rings is 1. The standard InChI is InChI=1S/C20H20ClN3O2S/c1-3-10-24-17-7-5-4-6-16(17)23-20(24)27-13-19(25)22-12-14-11-15(21)8-9-18(14)26-2/h3-9,11H,1,10,12-13H2,2H3,(H,22,25). The zero-order valence-corrected chi connectivity index (χ0v) is 16.5. The number of carbonyl (C=O) groups excluding carboxylic acids is 1. The van der Waals surface area contributed by atoms with Gasteiger partial charge in [-0.25, -0.2) is 4.98 Å². The van der Waals surface area contributed by atoms with Crippen molar-refractivity contribution < 1.29 is 9.53 Å². The van der Waals surface area contributed by atoms with Gasteiger partial charge >= 0.3 is 0 Å². The Kier molecular flexibility index (Phi) is 6.42. The number of hydrogen-bond donors (Lipinski definition) is 1. The molecule has 0 saturated heterocycles. The summed E-state index contributed by atoms with van der Waals surface area (Å²) < 4.78 is 7.36. The number of thioether (sulfide) groups is 1. The van der Waals surface area contributed by atoms with Crippen molar-refractivity contribution in [3.63, 3.8) is 0 Å². The number of aromatic nitrogens is 2. The number of ether oxygens (including phenoxy) is 1. The number of amides is 1. The number of benzene rings is 2. The average molecular weight is 402 g/mol. The molecule has 0 radical (unpaired) electrons. The van der Waals surface area contributed by atoms with Gasteiger partial charge < -0.3 is 14.6 Å². The molecule has 0 aliphatic heterocycles. The van der Waals surface area contributed by atoms with E-state index < -0.39 is 0 Å². The first-order valence-electron chi connectivity index (χ1n) is 8.40. The lowest BCUT2D eigenvalue weighted by atomic mass is 10.2. The van der Waals surface area contributed by atoms with Crippen molar-refractivity contribution in [3.05, 3.63) is 65.7 Å². The van der Waals surface area contributed by atoms with Crippen molar-refractivity contribution in [1.82, 2.24) is 14.9 Å². The molecule has 1 heterocycles. The first kappa shape index (κ1) is 19.3. The monoisotopic (exact) mass is 401 g/mol. The van der Waals surface area contributed by atoms with E-state index in [-0.39, 0.29) is 11.7 Å². The Bertz CT molecular complexity index is 971. The van der Waals surface area contributed by atoms with Gasteiger partial charge in [0.25, 0.3) is 0 Å². The summed E-state index contributed by atoms with van der Waals surface area (Å²) in [6, 6.07) is 13.2. The first-order valence-corrected chi connectivity index (χ1v) is 9.77. The van der Waals surface area contributed by atoms with Crippen molar-refractivity contribution in [3.8, 4) is 5.75 Å². The highest BCUT2D eigenvalue weighted by atomic mass is 35.5. The molecule has 0 fully saturated rings. The van der Waals surface area contributed by atoms with E-state index in [9.17, 15) is 4.79 Å². The fourth-order valence-corrected chi connectivity index (χ4v) is 3.78. The number of hydrogen-bond acceptors (Lipinski definition) is 4. The first-order chi connectivity index (χ1) is 13.1. The zero-order chi connectivity index (χ0) is 19.2. The van der Waals surface area contributed by atoms with Crippen LogP contribution in [0.4, 0.5) is 0 Å². The normalized spacial score (nSPS) is 10.7. The van der Waals surface area contributed by atoms with Gasteiger partial charge in [-0.2, -0.15) is 0 Å². The van der Waals surface area contributed by atoms with Crippen LogP contribution in [0.2, 0.25) is 5.02 Å². The van der Waals surface area contributed by atoms with Gasteiger partial charge in [-0.05, 0) is 30.3 Å². The van der Waals surface area contributed by atoms with Crippen LogP contribution in [-0.2, 0) is 17.9 Å². The number of halogens is 1. The van der Waals surface area contributed by atoms with Gasteiger partial charge in [0.05, 0.1) is 23.9 Å². The van der Waals surface area contributed by atoms with Crippen LogP contribution in [0.15, 0.2) is 60.3 Å². The second kappa shape index (κ2) is 8.97. The quantitative estimate of drug-likeness (QED) is 0.452. The Morgan fingerprint density at radius 2 is 2.19 bits per heavy atom. The largest absolute Gasteiger partial charge is 0.496 e. The smallest absolute Gasteiger partial charge is 0.230 e. The third-order valence-electron chi connectivity index (χ3n) is 3.98. The molecule has 0 aliphatic rings. The number of rotatable bonds is 8. The van der Waals surface area contributed by atoms with Gasteiger partial charge in [-0.15, -0.1) is 6.58 Å². The van der Waals surface area contributed by atoms with E-state index in [1.165, 1.54) is 11.8 Å². The molecule has 5 nitrogen and oxygen atoms in total. The molecule has 3 aromatic rings. The van der Waals surface area contributed by atoms with Crippen molar-refractivity contribution >= 4 is 40.3 Å². The third kappa shape index (κ3) is 4.64. The highest BCUT2D eigenvalue weighted by Crippen LogP contribution is 2.25. The molecule has 0 unspecified atom stereocenters. The highest BCUT2D eigenvalue weighted by molar-refractivity contribution is 7.99. The zero-order valence-electron chi connectivity index (χ0n) is 14.9. The number of carbonyl (C=O) groups is 1. The molecule has 1 aromatic heterocycles. The lowest BCUT2D eigenvalue weighted by Gasteiger charge is -2.10. The van der Waals surface area contributed by atoms with Crippen molar-refractivity contribution in [1.29, 1.82) is 0 Å². The summed E-state index contributed by atoms with van der Waals surface area (Å²) in [5.74, 6) is 0.878. The van der Waals surface area contributed by atoms with Gasteiger partial charge in [-0.1, -0.05) is 41.6 Å². The summed E-state index contributed by atoms with van der Waals surface area (Å²) >= 11 is 7.43. The summed E-state index contributed by atoms with van der Waals surface area (Å²) in [5, 5.41) is 4.30. The predicted octanol–water partition coefficient (Wildman–Crippen LogP) is 4.29. The molecule has 3 rings (SSSR count). The lowest BCUT2D eigenvalue weighted by molar-refractivity contribution is -0.118. The molecule has 1 N–H and O–H groups in total. The van der Waals surface area contributed by atoms with E-state index >= 15 is 0 Å². The number of methoxy groups -OCH3 is 1. The number of allylic oxidation sites excluding steroid dienone is 1. The Hall–Kier alpha value is -2.44. The van der Waals surface area contributed by atoms with E-state index in [1.54, 1.807) is 25.3 Å². The molecule has 2 aromatic carbocycles. The van der Waals surface area contributed by atoms with E-state index in [4.69, 9.17) is 16.3 Å². The highest BCUT2D eigenvalue weighted by Gasteiger charge is 2.12. The maximum atomic E-state index is 12.3. The minimum Gasteiger partial charge on any atom is -0.496 e. The summed E-state index contributed by atoms with van der Waals surface area (Å²) in [4.78, 5) is 16.9. The summed E-state index contributed by atoms with van der Waals surface area (Å²) in [6.07, 6.45) is 1.82. The van der Waals surface area contributed by atoms with E-state index in [0.29, 0.717) is 23.9 Å². The Morgan fingerprint density at radius 1 is 1.37 bits per heavy atom. The maximum Gasteiger partial charge on any atom is 0.230 e. The van der Waals surface area contributed by atoms with Gasteiger partial charge in [0.2, 0.25) is 5.91 Å². The SMILES string of the molecule is C=CCn1c(SCC(=O)NCc2cc(Cl)ccc2OC)nc2ccccc21. The molecule has 0 atom stereocenters. The summed E-state index contributed by atoms with van der Waals surface area (Å²) in [6.45, 7) is 4.80. The molecule has 7 heteroatoms. The van der Waals surface area contributed by atoms with Crippen molar-refractivity contribution in [2.45, 2.75) is 18.2 Å².